The van der Waals surface area contributed by atoms with Crippen molar-refractivity contribution in [1.82, 2.24) is 19.4 Å². The number of anilines is 1. The highest BCUT2D eigenvalue weighted by atomic mass is 35.5. The van der Waals surface area contributed by atoms with Gasteiger partial charge in [-0.25, -0.2) is 14.4 Å². The van der Waals surface area contributed by atoms with Gasteiger partial charge in [-0.3, -0.25) is 4.79 Å². The van der Waals surface area contributed by atoms with Gasteiger partial charge < -0.3 is 25.0 Å². The Hall–Kier alpha value is -2.91. The number of carboxylic acid groups (broad SMARTS) is 1. The van der Waals surface area contributed by atoms with Crippen LogP contribution in [-0.2, 0) is 11.8 Å². The van der Waals surface area contributed by atoms with Crippen molar-refractivity contribution in [1.29, 1.82) is 0 Å². The van der Waals surface area contributed by atoms with E-state index in [9.17, 15) is 9.50 Å². The van der Waals surface area contributed by atoms with Crippen LogP contribution in [0.3, 0.4) is 0 Å². The van der Waals surface area contributed by atoms with Crippen LogP contribution >= 0.6 is 11.6 Å². The molecule has 1 atom stereocenters. The normalized spacial score (nSPS) is 16.4. The number of hydrogen-bond donors (Lipinski definition) is 3. The maximum absolute atomic E-state index is 14.6. The molecule has 3 aromatic rings. The van der Waals surface area contributed by atoms with E-state index in [4.69, 9.17) is 21.5 Å². The second-order valence-electron chi connectivity index (χ2n) is 7.27. The van der Waals surface area contributed by atoms with Crippen LogP contribution in [0.25, 0.3) is 22.6 Å². The molecule has 1 fully saturated rings. The number of rotatable bonds is 3. The molecule has 0 radical (unpaired) electrons. The van der Waals surface area contributed by atoms with E-state index in [2.05, 4.69) is 20.2 Å². The van der Waals surface area contributed by atoms with E-state index in [0.29, 0.717) is 27.6 Å². The number of phenols is 1. The number of benzene rings is 1. The number of likely N-dealkylation sites (N-methyl/N-ethyl adjacent to an activating group) is 1. The van der Waals surface area contributed by atoms with Gasteiger partial charge in [-0.15, -0.1) is 0 Å². The van der Waals surface area contributed by atoms with E-state index in [1.807, 2.05) is 14.0 Å². The van der Waals surface area contributed by atoms with Gasteiger partial charge in [0.25, 0.3) is 6.47 Å². The summed E-state index contributed by atoms with van der Waals surface area (Å²) in [4.78, 5) is 19.5. The highest BCUT2D eigenvalue weighted by Gasteiger charge is 2.23. The third-order valence-corrected chi connectivity index (χ3v) is 5.28. The Kier molecular flexibility index (Phi) is 6.42. The number of likely N-dealkylation sites (tertiary alicyclic amines) is 1. The number of aromatic hydroxyl groups is 1. The van der Waals surface area contributed by atoms with Crippen molar-refractivity contribution in [2.75, 3.05) is 25.5 Å². The summed E-state index contributed by atoms with van der Waals surface area (Å²) < 4.78 is 16.4. The molecule has 0 bridgehead atoms. The molecule has 8 nitrogen and oxygen atoms in total. The maximum atomic E-state index is 14.6. The molecule has 30 heavy (non-hydrogen) atoms. The largest absolute Gasteiger partial charge is 0.507 e. The number of phenolic OH excluding ortho intramolecular Hbond substituents is 1. The lowest BCUT2D eigenvalue weighted by Gasteiger charge is -2.14. The second-order valence-corrected chi connectivity index (χ2v) is 7.71. The van der Waals surface area contributed by atoms with Gasteiger partial charge in [-0.1, -0.05) is 11.6 Å². The van der Waals surface area contributed by atoms with Gasteiger partial charge in [0.1, 0.15) is 11.6 Å². The van der Waals surface area contributed by atoms with Gasteiger partial charge >= 0.3 is 0 Å². The quantitative estimate of drug-likeness (QED) is 0.542. The van der Waals surface area contributed by atoms with E-state index in [-0.39, 0.29) is 24.1 Å². The summed E-state index contributed by atoms with van der Waals surface area (Å²) in [5.41, 5.74) is 2.33. The van der Waals surface area contributed by atoms with Crippen LogP contribution in [0.4, 0.5) is 10.2 Å². The Balaban J connectivity index is 0.000000806. The number of nitrogens with zero attached hydrogens (tertiary/aromatic N) is 4. The number of aryl methyl sites for hydroxylation is 2. The first kappa shape index (κ1) is 21.8. The molecule has 0 unspecified atom stereocenters. The highest BCUT2D eigenvalue weighted by Crippen LogP contribution is 2.36. The monoisotopic (exact) mass is 435 g/mol. The first-order valence-electron chi connectivity index (χ1n) is 9.30. The van der Waals surface area contributed by atoms with Gasteiger partial charge in [0.15, 0.2) is 17.3 Å². The Bertz CT molecular complexity index is 1060. The minimum Gasteiger partial charge on any atom is -0.507 e. The van der Waals surface area contributed by atoms with Crippen LogP contribution < -0.4 is 5.32 Å². The molecule has 0 spiro atoms. The number of halogens is 2. The summed E-state index contributed by atoms with van der Waals surface area (Å²) in [6, 6.07) is 4.83. The number of pyridine rings is 1. The Morgan fingerprint density at radius 1 is 1.30 bits per heavy atom. The molecular formula is C20H23ClFN5O3. The SMILES string of the molecule is Cc1cc(Cl)cc(O)c1-c1nc2nc(N[C@@H]3CCN(C)C3)c(F)cc2n1C.O=CO. The molecule has 3 heterocycles. The van der Waals surface area contributed by atoms with E-state index in [0.717, 1.165) is 25.1 Å². The number of imidazole rings is 1. The molecule has 10 heteroatoms. The minimum absolute atomic E-state index is 0.0335. The van der Waals surface area contributed by atoms with Crippen molar-refractivity contribution in [3.05, 3.63) is 34.6 Å². The van der Waals surface area contributed by atoms with Crippen molar-refractivity contribution in [3.8, 4) is 17.1 Å². The van der Waals surface area contributed by atoms with Gasteiger partial charge in [0, 0.05) is 30.7 Å². The number of carbonyl (C=O) groups is 1. The molecule has 3 N–H and O–H groups in total. The Morgan fingerprint density at radius 2 is 2.00 bits per heavy atom. The second kappa shape index (κ2) is 8.85. The maximum Gasteiger partial charge on any atom is 0.290 e. The zero-order valence-electron chi connectivity index (χ0n) is 16.9. The lowest BCUT2D eigenvalue weighted by Crippen LogP contribution is -2.24. The average molecular weight is 436 g/mol. The average Bonchev–Trinajstić information content (AvgIpc) is 3.19. The summed E-state index contributed by atoms with van der Waals surface area (Å²) in [7, 11) is 3.82. The predicted molar refractivity (Wildman–Crippen MR) is 114 cm³/mol. The summed E-state index contributed by atoms with van der Waals surface area (Å²) in [6.07, 6.45) is 0.945. The molecule has 160 valence electrons. The topological polar surface area (TPSA) is 104 Å². The fourth-order valence-corrected chi connectivity index (χ4v) is 3.94. The lowest BCUT2D eigenvalue weighted by molar-refractivity contribution is -0.122. The van der Waals surface area contributed by atoms with Gasteiger partial charge in [-0.05, 0) is 44.6 Å². The van der Waals surface area contributed by atoms with E-state index >= 15 is 0 Å². The first-order chi connectivity index (χ1) is 14.2. The zero-order valence-corrected chi connectivity index (χ0v) is 17.6. The molecular weight excluding hydrogens is 413 g/mol. The Morgan fingerprint density at radius 3 is 2.60 bits per heavy atom. The van der Waals surface area contributed by atoms with Gasteiger partial charge in [0.05, 0.1) is 11.1 Å². The van der Waals surface area contributed by atoms with Gasteiger partial charge in [0.2, 0.25) is 0 Å². The minimum atomic E-state index is -0.413. The fraction of sp³-hybridized carbons (Fsp3) is 0.350. The predicted octanol–water partition coefficient (Wildman–Crippen LogP) is 3.26. The molecule has 0 aliphatic carbocycles. The number of fused-ring (bicyclic) bond motifs is 1. The number of aromatic nitrogens is 3. The molecule has 1 aliphatic rings. The van der Waals surface area contributed by atoms with E-state index in [1.54, 1.807) is 17.7 Å². The van der Waals surface area contributed by atoms with Crippen LogP contribution in [0.2, 0.25) is 5.02 Å². The zero-order chi connectivity index (χ0) is 22.0. The fourth-order valence-electron chi connectivity index (χ4n) is 3.68. The molecule has 1 saturated heterocycles. The molecule has 2 aromatic heterocycles. The summed E-state index contributed by atoms with van der Waals surface area (Å²) in [5.74, 6) is 0.348. The van der Waals surface area contributed by atoms with Crippen molar-refractivity contribution in [2.45, 2.75) is 19.4 Å². The first-order valence-corrected chi connectivity index (χ1v) is 9.68. The third-order valence-electron chi connectivity index (χ3n) is 5.06. The van der Waals surface area contributed by atoms with Crippen LogP contribution in [0.1, 0.15) is 12.0 Å². The molecule has 0 saturated carbocycles. The lowest BCUT2D eigenvalue weighted by atomic mass is 10.1. The third kappa shape index (κ3) is 4.31. The van der Waals surface area contributed by atoms with Crippen molar-refractivity contribution in [3.63, 3.8) is 0 Å². The summed E-state index contributed by atoms with van der Waals surface area (Å²) in [6.45, 7) is 3.42. The summed E-state index contributed by atoms with van der Waals surface area (Å²) in [5, 5.41) is 20.9. The van der Waals surface area contributed by atoms with Crippen LogP contribution in [0, 0.1) is 12.7 Å². The molecule has 1 aliphatic heterocycles. The molecule has 1 aromatic carbocycles. The van der Waals surface area contributed by atoms with E-state index < -0.39 is 5.82 Å². The Labute approximate surface area is 177 Å². The highest BCUT2D eigenvalue weighted by molar-refractivity contribution is 6.31. The van der Waals surface area contributed by atoms with E-state index in [1.165, 1.54) is 12.1 Å². The van der Waals surface area contributed by atoms with Crippen LogP contribution in [0.5, 0.6) is 5.75 Å². The van der Waals surface area contributed by atoms with Crippen molar-refractivity contribution in [2.24, 2.45) is 7.05 Å². The smallest absolute Gasteiger partial charge is 0.290 e. The van der Waals surface area contributed by atoms with Crippen molar-refractivity contribution < 1.29 is 19.4 Å². The van der Waals surface area contributed by atoms with Crippen LogP contribution in [-0.4, -0.2) is 62.3 Å². The van der Waals surface area contributed by atoms with Crippen LogP contribution in [0.15, 0.2) is 18.2 Å². The van der Waals surface area contributed by atoms with Crippen molar-refractivity contribution >= 4 is 35.1 Å². The number of hydrogen-bond acceptors (Lipinski definition) is 6. The molecule has 4 rings (SSSR count). The van der Waals surface area contributed by atoms with Gasteiger partial charge in [-0.2, -0.15) is 0 Å². The summed E-state index contributed by atoms with van der Waals surface area (Å²) >= 11 is 6.00. The number of nitrogens with one attached hydrogen (secondary N) is 1. The molecule has 0 amide bonds. The standard InChI is InChI=1S/C19H21ClFN5O.CH2O2/c1-10-6-11(20)7-15(27)16(10)19-24-18-14(26(19)3)8-13(21)17(23-18)22-12-4-5-25(2)9-12;2-1-3/h6-8,12,27H,4-5,9H2,1-3H3,(H,22,23);1H,(H,2,3)/t12-;/m1./s1.